The van der Waals surface area contributed by atoms with Gasteiger partial charge in [0.2, 0.25) is 0 Å². The maximum atomic E-state index is 10.8. The van der Waals surface area contributed by atoms with E-state index >= 15 is 0 Å². The normalized spacial score (nSPS) is 19.0. The van der Waals surface area contributed by atoms with Crippen molar-refractivity contribution in [2.24, 2.45) is 0 Å². The SMILES string of the molecule is COc1ccc(OC)c(C2CCCN2CCC(=O)O)c1. The maximum absolute atomic E-state index is 10.8. The van der Waals surface area contributed by atoms with E-state index in [0.717, 1.165) is 36.4 Å². The highest BCUT2D eigenvalue weighted by molar-refractivity contribution is 5.66. The summed E-state index contributed by atoms with van der Waals surface area (Å²) in [4.78, 5) is 13.0. The van der Waals surface area contributed by atoms with Crippen molar-refractivity contribution in [3.63, 3.8) is 0 Å². The Hall–Kier alpha value is -1.75. The second kappa shape index (κ2) is 6.61. The van der Waals surface area contributed by atoms with Gasteiger partial charge in [-0.2, -0.15) is 0 Å². The quantitative estimate of drug-likeness (QED) is 0.866. The Kier molecular flexibility index (Phi) is 4.84. The van der Waals surface area contributed by atoms with Crippen molar-refractivity contribution >= 4 is 5.97 Å². The molecule has 0 amide bonds. The van der Waals surface area contributed by atoms with Crippen LogP contribution in [0.3, 0.4) is 0 Å². The second-order valence-electron chi connectivity index (χ2n) is 4.95. The zero-order chi connectivity index (χ0) is 14.5. The van der Waals surface area contributed by atoms with Crippen LogP contribution in [0.2, 0.25) is 0 Å². The number of hydrogen-bond acceptors (Lipinski definition) is 4. The van der Waals surface area contributed by atoms with E-state index in [0.29, 0.717) is 6.54 Å². The number of carboxylic acid groups (broad SMARTS) is 1. The van der Waals surface area contributed by atoms with Crippen molar-refractivity contribution < 1.29 is 19.4 Å². The van der Waals surface area contributed by atoms with Gasteiger partial charge in [0.05, 0.1) is 20.6 Å². The Morgan fingerprint density at radius 1 is 1.40 bits per heavy atom. The summed E-state index contributed by atoms with van der Waals surface area (Å²) in [7, 11) is 3.30. The number of carboxylic acids is 1. The highest BCUT2D eigenvalue weighted by Crippen LogP contribution is 2.38. The van der Waals surface area contributed by atoms with Crippen LogP contribution in [0.15, 0.2) is 18.2 Å². The molecule has 20 heavy (non-hydrogen) atoms. The summed E-state index contributed by atoms with van der Waals surface area (Å²) in [5.41, 5.74) is 1.08. The minimum atomic E-state index is -0.756. The number of benzene rings is 1. The Balaban J connectivity index is 2.21. The number of ether oxygens (including phenoxy) is 2. The zero-order valence-corrected chi connectivity index (χ0v) is 12.0. The third-order valence-corrected chi connectivity index (χ3v) is 3.77. The molecule has 0 bridgehead atoms. The number of carbonyl (C=O) groups is 1. The lowest BCUT2D eigenvalue weighted by molar-refractivity contribution is -0.137. The molecule has 1 aromatic carbocycles. The van der Waals surface area contributed by atoms with Gasteiger partial charge in [-0.25, -0.2) is 0 Å². The van der Waals surface area contributed by atoms with Gasteiger partial charge < -0.3 is 14.6 Å². The van der Waals surface area contributed by atoms with Crippen molar-refractivity contribution in [2.45, 2.75) is 25.3 Å². The molecule has 0 saturated carbocycles. The van der Waals surface area contributed by atoms with Gasteiger partial charge >= 0.3 is 5.97 Å². The van der Waals surface area contributed by atoms with Crippen LogP contribution >= 0.6 is 0 Å². The van der Waals surface area contributed by atoms with Gasteiger partial charge in [0.1, 0.15) is 11.5 Å². The first-order chi connectivity index (χ1) is 9.65. The van der Waals surface area contributed by atoms with Crippen LogP contribution in [0.1, 0.15) is 30.9 Å². The summed E-state index contributed by atoms with van der Waals surface area (Å²) in [6, 6.07) is 5.97. The highest BCUT2D eigenvalue weighted by atomic mass is 16.5. The molecule has 5 heteroatoms. The summed E-state index contributed by atoms with van der Waals surface area (Å²) in [6.07, 6.45) is 2.26. The largest absolute Gasteiger partial charge is 0.497 e. The van der Waals surface area contributed by atoms with Gasteiger partial charge in [0, 0.05) is 18.2 Å². The zero-order valence-electron chi connectivity index (χ0n) is 12.0. The predicted octanol–water partition coefficient (Wildman–Crippen LogP) is 2.32. The number of nitrogens with zero attached hydrogens (tertiary/aromatic N) is 1. The van der Waals surface area contributed by atoms with Crippen molar-refractivity contribution in [1.29, 1.82) is 0 Å². The molecule has 1 N–H and O–H groups in total. The molecule has 1 unspecified atom stereocenters. The second-order valence-corrected chi connectivity index (χ2v) is 4.95. The molecule has 0 radical (unpaired) electrons. The Labute approximate surface area is 119 Å². The van der Waals surface area contributed by atoms with Crippen molar-refractivity contribution in [1.82, 2.24) is 4.90 Å². The molecule has 1 saturated heterocycles. The first-order valence-electron chi connectivity index (χ1n) is 6.83. The van der Waals surface area contributed by atoms with E-state index in [4.69, 9.17) is 14.6 Å². The summed E-state index contributed by atoms with van der Waals surface area (Å²) in [6.45, 7) is 1.50. The number of likely N-dealkylation sites (tertiary alicyclic amines) is 1. The first kappa shape index (κ1) is 14.7. The molecule has 2 rings (SSSR count). The van der Waals surface area contributed by atoms with Crippen LogP contribution in [0.25, 0.3) is 0 Å². The number of aliphatic carboxylic acids is 1. The molecule has 1 fully saturated rings. The third-order valence-electron chi connectivity index (χ3n) is 3.77. The standard InChI is InChI=1S/C15H21NO4/c1-19-11-5-6-14(20-2)12(10-11)13-4-3-8-16(13)9-7-15(17)18/h5-6,10,13H,3-4,7-9H2,1-2H3,(H,17,18). The van der Waals surface area contributed by atoms with Gasteiger partial charge in [-0.05, 0) is 37.6 Å². The van der Waals surface area contributed by atoms with E-state index < -0.39 is 5.97 Å². The van der Waals surface area contributed by atoms with Gasteiger partial charge in [-0.1, -0.05) is 0 Å². The highest BCUT2D eigenvalue weighted by Gasteiger charge is 2.28. The van der Waals surface area contributed by atoms with Gasteiger partial charge in [-0.15, -0.1) is 0 Å². The molecule has 1 aliphatic rings. The fourth-order valence-electron chi connectivity index (χ4n) is 2.79. The molecule has 0 aliphatic carbocycles. The average Bonchev–Trinajstić information content (AvgIpc) is 2.92. The van der Waals surface area contributed by atoms with E-state index in [9.17, 15) is 4.79 Å². The fourth-order valence-corrected chi connectivity index (χ4v) is 2.79. The van der Waals surface area contributed by atoms with E-state index in [1.54, 1.807) is 14.2 Å². The van der Waals surface area contributed by atoms with Crippen molar-refractivity contribution in [2.75, 3.05) is 27.3 Å². The molecule has 1 atom stereocenters. The molecule has 5 nitrogen and oxygen atoms in total. The number of rotatable bonds is 6. The van der Waals surface area contributed by atoms with Gasteiger partial charge in [0.15, 0.2) is 0 Å². The first-order valence-corrected chi connectivity index (χ1v) is 6.83. The van der Waals surface area contributed by atoms with Crippen LogP contribution in [-0.2, 0) is 4.79 Å². The van der Waals surface area contributed by atoms with Gasteiger partial charge in [-0.3, -0.25) is 9.69 Å². The van der Waals surface area contributed by atoms with Crippen LogP contribution in [-0.4, -0.2) is 43.3 Å². The molecular weight excluding hydrogens is 258 g/mol. The number of hydrogen-bond donors (Lipinski definition) is 1. The summed E-state index contributed by atoms with van der Waals surface area (Å²) < 4.78 is 10.7. The van der Waals surface area contributed by atoms with Crippen LogP contribution in [0, 0.1) is 0 Å². The van der Waals surface area contributed by atoms with Gasteiger partial charge in [0.25, 0.3) is 0 Å². The third kappa shape index (κ3) is 3.22. The lowest BCUT2D eigenvalue weighted by atomic mass is 10.0. The number of methoxy groups -OCH3 is 2. The smallest absolute Gasteiger partial charge is 0.304 e. The topological polar surface area (TPSA) is 59.0 Å². The molecule has 110 valence electrons. The molecule has 0 spiro atoms. The van der Waals surface area contributed by atoms with E-state index in [-0.39, 0.29) is 12.5 Å². The fraction of sp³-hybridized carbons (Fsp3) is 0.533. The Bertz CT molecular complexity index is 475. The average molecular weight is 279 g/mol. The van der Waals surface area contributed by atoms with Crippen LogP contribution in [0.4, 0.5) is 0 Å². The van der Waals surface area contributed by atoms with E-state index in [1.165, 1.54) is 0 Å². The molecular formula is C15H21NO4. The minimum Gasteiger partial charge on any atom is -0.497 e. The summed E-state index contributed by atoms with van der Waals surface area (Å²) in [5.74, 6) is 0.872. The van der Waals surface area contributed by atoms with Crippen molar-refractivity contribution in [3.05, 3.63) is 23.8 Å². The van der Waals surface area contributed by atoms with E-state index in [2.05, 4.69) is 4.90 Å². The van der Waals surface area contributed by atoms with E-state index in [1.807, 2.05) is 18.2 Å². The van der Waals surface area contributed by atoms with Crippen molar-refractivity contribution in [3.8, 4) is 11.5 Å². The van der Waals surface area contributed by atoms with Crippen LogP contribution < -0.4 is 9.47 Å². The monoisotopic (exact) mass is 279 g/mol. The molecule has 1 heterocycles. The summed E-state index contributed by atoms with van der Waals surface area (Å²) >= 11 is 0. The Morgan fingerprint density at radius 2 is 2.20 bits per heavy atom. The maximum Gasteiger partial charge on any atom is 0.304 e. The molecule has 0 aromatic heterocycles. The lowest BCUT2D eigenvalue weighted by Gasteiger charge is -2.25. The Morgan fingerprint density at radius 3 is 2.85 bits per heavy atom. The predicted molar refractivity (Wildman–Crippen MR) is 75.3 cm³/mol. The molecule has 1 aromatic rings. The van der Waals surface area contributed by atoms with Crippen LogP contribution in [0.5, 0.6) is 11.5 Å². The summed E-state index contributed by atoms with van der Waals surface area (Å²) in [5, 5.41) is 8.84. The molecule has 1 aliphatic heterocycles. The lowest BCUT2D eigenvalue weighted by Crippen LogP contribution is -2.26. The minimum absolute atomic E-state index is 0.169.